The maximum Gasteiger partial charge on any atom is 0.233 e. The van der Waals surface area contributed by atoms with Crippen LogP contribution < -0.4 is 10.6 Å². The summed E-state index contributed by atoms with van der Waals surface area (Å²) in [6.45, 7) is 7.24. The van der Waals surface area contributed by atoms with Crippen LogP contribution in [0.5, 0.6) is 0 Å². The van der Waals surface area contributed by atoms with E-state index < -0.39 is 0 Å². The van der Waals surface area contributed by atoms with Crippen molar-refractivity contribution in [1.82, 2.24) is 10.6 Å². The number of nitrogens with one attached hydrogen (secondary N) is 2. The van der Waals surface area contributed by atoms with Gasteiger partial charge >= 0.3 is 0 Å². The van der Waals surface area contributed by atoms with E-state index in [0.717, 1.165) is 19.6 Å². The number of carbonyl (C=O) groups is 1. The van der Waals surface area contributed by atoms with Crippen LogP contribution in [0.1, 0.15) is 20.3 Å². The van der Waals surface area contributed by atoms with Gasteiger partial charge in [-0.1, -0.05) is 6.92 Å². The van der Waals surface area contributed by atoms with Crippen LogP contribution in [0.2, 0.25) is 0 Å². The Morgan fingerprint density at radius 1 is 1.31 bits per heavy atom. The molecule has 0 spiro atoms. The van der Waals surface area contributed by atoms with Gasteiger partial charge in [0.25, 0.3) is 0 Å². The molecule has 0 heterocycles. The van der Waals surface area contributed by atoms with Crippen molar-refractivity contribution < 1.29 is 9.53 Å². The molecule has 0 fully saturated rings. The molecule has 0 aliphatic heterocycles. The maximum atomic E-state index is 10.9. The molecule has 0 aliphatic rings. The SMILES string of the molecule is CCCOCCNCC(=O)NCC. The summed E-state index contributed by atoms with van der Waals surface area (Å²) in [6, 6.07) is 0. The number of hydrogen-bond donors (Lipinski definition) is 2. The number of carbonyl (C=O) groups excluding carboxylic acids is 1. The summed E-state index contributed by atoms with van der Waals surface area (Å²) in [6.07, 6.45) is 1.04. The van der Waals surface area contributed by atoms with Gasteiger partial charge in [0.05, 0.1) is 13.2 Å². The highest BCUT2D eigenvalue weighted by Gasteiger charge is 1.96. The van der Waals surface area contributed by atoms with Crippen molar-refractivity contribution in [2.24, 2.45) is 0 Å². The number of hydrogen-bond acceptors (Lipinski definition) is 3. The van der Waals surface area contributed by atoms with Crippen LogP contribution in [0.25, 0.3) is 0 Å². The molecule has 0 aromatic rings. The van der Waals surface area contributed by atoms with Gasteiger partial charge in [-0.2, -0.15) is 0 Å². The Hall–Kier alpha value is -0.610. The molecule has 2 N–H and O–H groups in total. The fourth-order valence-corrected chi connectivity index (χ4v) is 0.852. The molecular weight excluding hydrogens is 168 g/mol. The molecular formula is C9H20N2O2. The molecule has 0 aromatic carbocycles. The molecule has 0 saturated carbocycles. The number of likely N-dealkylation sites (N-methyl/N-ethyl adjacent to an activating group) is 1. The van der Waals surface area contributed by atoms with Crippen molar-refractivity contribution in [2.45, 2.75) is 20.3 Å². The average molecular weight is 188 g/mol. The van der Waals surface area contributed by atoms with E-state index in [1.54, 1.807) is 0 Å². The Labute approximate surface area is 80.0 Å². The van der Waals surface area contributed by atoms with E-state index in [9.17, 15) is 4.79 Å². The van der Waals surface area contributed by atoms with E-state index in [-0.39, 0.29) is 5.91 Å². The first-order valence-electron chi connectivity index (χ1n) is 4.86. The smallest absolute Gasteiger partial charge is 0.233 e. The topological polar surface area (TPSA) is 50.4 Å². The highest BCUT2D eigenvalue weighted by Crippen LogP contribution is 1.77. The summed E-state index contributed by atoms with van der Waals surface area (Å²) >= 11 is 0. The highest BCUT2D eigenvalue weighted by molar-refractivity contribution is 5.77. The number of amides is 1. The summed E-state index contributed by atoms with van der Waals surface area (Å²) in [5.41, 5.74) is 0. The number of rotatable bonds is 8. The minimum atomic E-state index is 0.0398. The second-order valence-electron chi connectivity index (χ2n) is 2.74. The Bertz CT molecular complexity index is 129. The molecule has 0 aliphatic carbocycles. The normalized spacial score (nSPS) is 10.0. The van der Waals surface area contributed by atoms with Crippen molar-refractivity contribution in [3.05, 3.63) is 0 Å². The van der Waals surface area contributed by atoms with E-state index in [2.05, 4.69) is 17.6 Å². The minimum absolute atomic E-state index is 0.0398. The van der Waals surface area contributed by atoms with Gasteiger partial charge in [-0.25, -0.2) is 0 Å². The Kier molecular flexibility index (Phi) is 9.03. The average Bonchev–Trinajstić information content (AvgIpc) is 2.11. The highest BCUT2D eigenvalue weighted by atomic mass is 16.5. The lowest BCUT2D eigenvalue weighted by molar-refractivity contribution is -0.120. The Morgan fingerprint density at radius 2 is 2.08 bits per heavy atom. The fourth-order valence-electron chi connectivity index (χ4n) is 0.852. The molecule has 1 amide bonds. The van der Waals surface area contributed by atoms with E-state index >= 15 is 0 Å². The second kappa shape index (κ2) is 9.48. The van der Waals surface area contributed by atoms with E-state index in [4.69, 9.17) is 4.74 Å². The zero-order valence-electron chi connectivity index (χ0n) is 8.56. The number of ether oxygens (including phenoxy) is 1. The van der Waals surface area contributed by atoms with Crippen LogP contribution in [-0.2, 0) is 9.53 Å². The molecule has 0 aromatic heterocycles. The van der Waals surface area contributed by atoms with Crippen LogP contribution in [0.3, 0.4) is 0 Å². The molecule has 0 saturated heterocycles. The summed E-state index contributed by atoms with van der Waals surface area (Å²) in [5, 5.41) is 5.70. The Balaban J connectivity index is 3.02. The molecule has 0 unspecified atom stereocenters. The quantitative estimate of drug-likeness (QED) is 0.533. The standard InChI is InChI=1S/C9H20N2O2/c1-3-6-13-7-5-10-8-9(12)11-4-2/h10H,3-8H2,1-2H3,(H,11,12). The van der Waals surface area contributed by atoms with Crippen LogP contribution in [0, 0.1) is 0 Å². The molecule has 0 radical (unpaired) electrons. The largest absolute Gasteiger partial charge is 0.380 e. The second-order valence-corrected chi connectivity index (χ2v) is 2.74. The summed E-state index contributed by atoms with van der Waals surface area (Å²) < 4.78 is 5.23. The Morgan fingerprint density at radius 3 is 2.69 bits per heavy atom. The molecule has 78 valence electrons. The molecule has 4 nitrogen and oxygen atoms in total. The van der Waals surface area contributed by atoms with Gasteiger partial charge in [0, 0.05) is 19.7 Å². The van der Waals surface area contributed by atoms with Crippen molar-refractivity contribution in [1.29, 1.82) is 0 Å². The molecule has 0 bridgehead atoms. The fraction of sp³-hybridized carbons (Fsp3) is 0.889. The van der Waals surface area contributed by atoms with Gasteiger partial charge in [0.1, 0.15) is 0 Å². The zero-order valence-corrected chi connectivity index (χ0v) is 8.56. The predicted octanol–water partition coefficient (Wildman–Crippen LogP) is 0.139. The lowest BCUT2D eigenvalue weighted by Gasteiger charge is -2.05. The van der Waals surface area contributed by atoms with E-state index in [1.165, 1.54) is 0 Å². The summed E-state index contributed by atoms with van der Waals surface area (Å²) in [4.78, 5) is 10.9. The minimum Gasteiger partial charge on any atom is -0.380 e. The van der Waals surface area contributed by atoms with Gasteiger partial charge in [-0.15, -0.1) is 0 Å². The summed E-state index contributed by atoms with van der Waals surface area (Å²) in [5.74, 6) is 0.0398. The molecule has 13 heavy (non-hydrogen) atoms. The van der Waals surface area contributed by atoms with Crippen molar-refractivity contribution in [3.63, 3.8) is 0 Å². The first-order chi connectivity index (χ1) is 6.31. The van der Waals surface area contributed by atoms with Gasteiger partial charge in [-0.3, -0.25) is 4.79 Å². The van der Waals surface area contributed by atoms with Crippen molar-refractivity contribution in [3.8, 4) is 0 Å². The van der Waals surface area contributed by atoms with Gasteiger partial charge in [0.15, 0.2) is 0 Å². The van der Waals surface area contributed by atoms with Gasteiger partial charge < -0.3 is 15.4 Å². The van der Waals surface area contributed by atoms with E-state index in [1.807, 2.05) is 6.92 Å². The van der Waals surface area contributed by atoms with Crippen LogP contribution >= 0.6 is 0 Å². The third-order valence-electron chi connectivity index (χ3n) is 1.43. The summed E-state index contributed by atoms with van der Waals surface area (Å²) in [7, 11) is 0. The predicted molar refractivity (Wildman–Crippen MR) is 52.7 cm³/mol. The lowest BCUT2D eigenvalue weighted by Crippen LogP contribution is -2.35. The van der Waals surface area contributed by atoms with Crippen LogP contribution in [0.15, 0.2) is 0 Å². The van der Waals surface area contributed by atoms with Crippen molar-refractivity contribution in [2.75, 3.05) is 32.8 Å². The molecule has 4 heteroatoms. The van der Waals surface area contributed by atoms with E-state index in [0.29, 0.717) is 19.7 Å². The van der Waals surface area contributed by atoms with Gasteiger partial charge in [-0.05, 0) is 13.3 Å². The monoisotopic (exact) mass is 188 g/mol. The molecule has 0 rings (SSSR count). The van der Waals surface area contributed by atoms with Crippen LogP contribution in [0.4, 0.5) is 0 Å². The first kappa shape index (κ1) is 12.4. The third-order valence-corrected chi connectivity index (χ3v) is 1.43. The zero-order chi connectivity index (χ0) is 9.94. The van der Waals surface area contributed by atoms with Gasteiger partial charge in [0.2, 0.25) is 5.91 Å². The molecule has 0 atom stereocenters. The maximum absolute atomic E-state index is 10.9. The van der Waals surface area contributed by atoms with Crippen LogP contribution in [-0.4, -0.2) is 38.8 Å². The first-order valence-corrected chi connectivity index (χ1v) is 4.86. The lowest BCUT2D eigenvalue weighted by atomic mass is 10.5. The third kappa shape index (κ3) is 9.30. The van der Waals surface area contributed by atoms with Crippen molar-refractivity contribution >= 4 is 5.91 Å².